The van der Waals surface area contributed by atoms with E-state index in [4.69, 9.17) is 8.22 Å². The molecule has 1 saturated heterocycles. The maximum absolute atomic E-state index is 7.85. The molecule has 0 spiro atoms. The van der Waals surface area contributed by atoms with Crippen LogP contribution >= 0.6 is 0 Å². The minimum Gasteiger partial charge on any atom is -0.353 e. The molecule has 0 saturated carbocycles. The molecule has 3 aromatic rings. The molecule has 0 unspecified atom stereocenters. The van der Waals surface area contributed by atoms with Crippen molar-refractivity contribution in [3.63, 3.8) is 0 Å². The summed E-state index contributed by atoms with van der Waals surface area (Å²) in [5.74, 6) is 0. The normalized spacial score (nSPS) is 23.7. The lowest BCUT2D eigenvalue weighted by Crippen LogP contribution is -2.26. The Morgan fingerprint density at radius 3 is 3.17 bits per heavy atom. The minimum absolute atomic E-state index is 0.125. The summed E-state index contributed by atoms with van der Waals surface area (Å²) in [6.07, 6.45) is 3.87. The quantitative estimate of drug-likeness (QED) is 0.787. The number of hydrogen-bond donors (Lipinski definition) is 1. The Morgan fingerprint density at radius 2 is 2.35 bits per heavy atom. The molecule has 3 nitrogen and oxygen atoms in total. The van der Waals surface area contributed by atoms with Gasteiger partial charge in [0.2, 0.25) is 0 Å². The van der Waals surface area contributed by atoms with E-state index in [0.717, 1.165) is 40.7 Å². The molecule has 0 aliphatic carbocycles. The molecule has 1 N–H and O–H groups in total. The molecule has 0 radical (unpaired) electrons. The van der Waals surface area contributed by atoms with Crippen LogP contribution in [0.2, 0.25) is 0 Å². The highest BCUT2D eigenvalue weighted by molar-refractivity contribution is 5.90. The number of nitrogens with one attached hydrogen (secondary N) is 1. The third-order valence-corrected chi connectivity index (χ3v) is 4.64. The van der Waals surface area contributed by atoms with Gasteiger partial charge in [0.05, 0.1) is 11.4 Å². The number of rotatable bonds is 3. The maximum atomic E-state index is 7.85. The molecule has 1 aliphatic rings. The van der Waals surface area contributed by atoms with Gasteiger partial charge >= 0.3 is 0 Å². The van der Waals surface area contributed by atoms with E-state index in [0.29, 0.717) is 13.0 Å². The molecular formula is C20H23N3. The molecule has 3 heteroatoms. The van der Waals surface area contributed by atoms with Crippen molar-refractivity contribution in [1.29, 1.82) is 0 Å². The predicted molar refractivity (Wildman–Crippen MR) is 95.6 cm³/mol. The van der Waals surface area contributed by atoms with Crippen LogP contribution in [0, 0.1) is 6.85 Å². The zero-order valence-corrected chi connectivity index (χ0v) is 12.8. The Morgan fingerprint density at radius 1 is 1.35 bits per heavy atom. The first-order valence-electron chi connectivity index (χ1n) is 11.0. The number of aryl methyl sites for hydroxylation is 1. The zero-order valence-electron chi connectivity index (χ0n) is 18.8. The van der Waals surface area contributed by atoms with E-state index in [1.165, 1.54) is 0 Å². The van der Waals surface area contributed by atoms with Crippen LogP contribution in [0.3, 0.4) is 0 Å². The Hall–Kier alpha value is -2.13. The molecule has 1 aliphatic heterocycles. The summed E-state index contributed by atoms with van der Waals surface area (Å²) in [6.45, 7) is -3.79. The zero-order chi connectivity index (χ0) is 20.8. The molecule has 2 aromatic heterocycles. The van der Waals surface area contributed by atoms with Crippen molar-refractivity contribution in [3.8, 4) is 11.4 Å². The summed E-state index contributed by atoms with van der Waals surface area (Å²) in [6, 6.07) is 10.6. The molecule has 23 heavy (non-hydrogen) atoms. The van der Waals surface area contributed by atoms with Crippen LogP contribution in [0.1, 0.15) is 32.2 Å². The molecule has 1 aromatic carbocycles. The van der Waals surface area contributed by atoms with Crippen molar-refractivity contribution in [3.05, 3.63) is 53.7 Å². The summed E-state index contributed by atoms with van der Waals surface area (Å²) in [5.41, 5.74) is 3.60. The van der Waals surface area contributed by atoms with Gasteiger partial charge in [-0.25, -0.2) is 0 Å². The Bertz CT molecular complexity index is 1010. The number of nitrogens with zero attached hydrogens (tertiary/aromatic N) is 2. The molecule has 0 amide bonds. The van der Waals surface area contributed by atoms with Gasteiger partial charge in [0.15, 0.2) is 0 Å². The van der Waals surface area contributed by atoms with Gasteiger partial charge in [-0.05, 0) is 69.5 Å². The standard InChI is InChI=1S/C20H23N3/c1-14-8-9-18-16(12-14)17(13-15-6-5-11-23(15)2)20(22-18)19-7-3-4-10-21-19/h3-4,7-10,12,15,22H,5-6,11,13H2,1-2H3/t15-/m1/s1/i1D3,2D3. The van der Waals surface area contributed by atoms with E-state index in [9.17, 15) is 0 Å². The number of aromatic amines is 1. The van der Waals surface area contributed by atoms with Gasteiger partial charge < -0.3 is 9.88 Å². The lowest BCUT2D eigenvalue weighted by molar-refractivity contribution is 0.310. The van der Waals surface area contributed by atoms with Gasteiger partial charge in [-0.15, -0.1) is 0 Å². The first kappa shape index (κ1) is 9.24. The number of pyridine rings is 1. The van der Waals surface area contributed by atoms with Crippen LogP contribution < -0.4 is 0 Å². The SMILES string of the molecule is [2H]C([2H])([2H])c1ccc2[nH]c(-c3ccccn3)c(C[C@H]3CCCN3C([2H])([2H])[2H])c2c1. The van der Waals surface area contributed by atoms with Gasteiger partial charge in [0.1, 0.15) is 0 Å². The maximum Gasteiger partial charge on any atom is 0.0867 e. The molecular weight excluding hydrogens is 282 g/mol. The van der Waals surface area contributed by atoms with Gasteiger partial charge in [-0.1, -0.05) is 17.7 Å². The van der Waals surface area contributed by atoms with Crippen LogP contribution in [-0.2, 0) is 6.42 Å². The average molecular weight is 311 g/mol. The van der Waals surface area contributed by atoms with Crippen LogP contribution in [0.25, 0.3) is 22.3 Å². The first-order chi connectivity index (χ1) is 13.6. The van der Waals surface area contributed by atoms with Gasteiger partial charge in [0, 0.05) is 31.4 Å². The Labute approximate surface area is 145 Å². The van der Waals surface area contributed by atoms with Gasteiger partial charge in [0.25, 0.3) is 0 Å². The second-order valence-electron chi connectivity index (χ2n) is 6.15. The van der Waals surface area contributed by atoms with Crippen molar-refractivity contribution < 1.29 is 8.22 Å². The third kappa shape index (κ3) is 2.66. The second-order valence-corrected chi connectivity index (χ2v) is 6.15. The topological polar surface area (TPSA) is 31.9 Å². The largest absolute Gasteiger partial charge is 0.353 e. The fourth-order valence-electron chi connectivity index (χ4n) is 3.47. The highest BCUT2D eigenvalue weighted by Gasteiger charge is 2.24. The third-order valence-electron chi connectivity index (χ3n) is 4.64. The Balaban J connectivity index is 1.85. The van der Waals surface area contributed by atoms with Crippen molar-refractivity contribution >= 4 is 10.9 Å². The summed E-state index contributed by atoms with van der Waals surface area (Å²) in [5, 5.41) is 0.816. The summed E-state index contributed by atoms with van der Waals surface area (Å²) < 4.78 is 46.8. The number of H-pyrrole nitrogens is 1. The highest BCUT2D eigenvalue weighted by Crippen LogP contribution is 2.33. The molecule has 118 valence electrons. The van der Waals surface area contributed by atoms with Crippen molar-refractivity contribution in [2.75, 3.05) is 13.5 Å². The summed E-state index contributed by atoms with van der Waals surface area (Å²) in [7, 11) is 0. The molecule has 0 bridgehead atoms. The second kappa shape index (κ2) is 5.82. The minimum atomic E-state index is -2.20. The summed E-state index contributed by atoms with van der Waals surface area (Å²) in [4.78, 5) is 9.42. The first-order valence-corrected chi connectivity index (χ1v) is 7.98. The number of fused-ring (bicyclic) bond motifs is 1. The number of likely N-dealkylation sites (N-methyl/N-ethyl adjacent to an activating group) is 1. The number of benzene rings is 1. The molecule has 3 heterocycles. The molecule has 4 rings (SSSR count). The van der Waals surface area contributed by atoms with E-state index >= 15 is 0 Å². The van der Waals surface area contributed by atoms with Crippen LogP contribution in [0.15, 0.2) is 42.6 Å². The number of hydrogen-bond acceptors (Lipinski definition) is 2. The fraction of sp³-hybridized carbons (Fsp3) is 0.350. The van der Waals surface area contributed by atoms with E-state index in [1.807, 2.05) is 18.2 Å². The monoisotopic (exact) mass is 311 g/mol. The van der Waals surface area contributed by atoms with E-state index in [1.54, 1.807) is 29.3 Å². The van der Waals surface area contributed by atoms with E-state index in [2.05, 4.69) is 9.97 Å². The van der Waals surface area contributed by atoms with Crippen molar-refractivity contribution in [1.82, 2.24) is 14.9 Å². The molecule has 1 atom stereocenters. The average Bonchev–Trinajstić information content (AvgIpc) is 3.26. The van der Waals surface area contributed by atoms with Crippen LogP contribution in [0.4, 0.5) is 0 Å². The van der Waals surface area contributed by atoms with Gasteiger partial charge in [-0.3, -0.25) is 4.98 Å². The number of likely N-dealkylation sites (tertiary alicyclic amines) is 1. The van der Waals surface area contributed by atoms with Crippen molar-refractivity contribution in [2.45, 2.75) is 32.2 Å². The van der Waals surface area contributed by atoms with Gasteiger partial charge in [-0.2, -0.15) is 0 Å². The lowest BCUT2D eigenvalue weighted by atomic mass is 9.98. The molecule has 1 fully saturated rings. The summed E-state index contributed by atoms with van der Waals surface area (Å²) >= 11 is 0. The van der Waals surface area contributed by atoms with Crippen molar-refractivity contribution in [2.24, 2.45) is 0 Å². The van der Waals surface area contributed by atoms with E-state index < -0.39 is 13.8 Å². The van der Waals surface area contributed by atoms with Crippen LogP contribution in [-0.4, -0.2) is 34.4 Å². The van der Waals surface area contributed by atoms with Crippen LogP contribution in [0.5, 0.6) is 0 Å². The Kier molecular flexibility index (Phi) is 2.34. The lowest BCUT2D eigenvalue weighted by Gasteiger charge is -2.19. The number of aromatic nitrogens is 2. The highest BCUT2D eigenvalue weighted by atomic mass is 15.1. The van der Waals surface area contributed by atoms with E-state index in [-0.39, 0.29) is 11.6 Å². The fourth-order valence-corrected chi connectivity index (χ4v) is 3.47. The predicted octanol–water partition coefficient (Wildman–Crippen LogP) is 4.18. The smallest absolute Gasteiger partial charge is 0.0867 e.